The zero-order valence-electron chi connectivity index (χ0n) is 7.91. The van der Waals surface area contributed by atoms with Gasteiger partial charge < -0.3 is 4.74 Å². The predicted molar refractivity (Wildman–Crippen MR) is 58.5 cm³/mol. The van der Waals surface area contributed by atoms with Crippen molar-refractivity contribution < 1.29 is 4.74 Å². The molecule has 0 saturated carbocycles. The molecule has 14 heavy (non-hydrogen) atoms. The minimum absolute atomic E-state index is 0.686. The number of fused-ring (bicyclic) bond motifs is 1. The molecule has 0 aromatic carbocycles. The van der Waals surface area contributed by atoms with Crippen molar-refractivity contribution >= 4 is 26.8 Å². The number of hydrogen-bond donors (Lipinski definition) is 0. The van der Waals surface area contributed by atoms with E-state index in [4.69, 9.17) is 4.74 Å². The van der Waals surface area contributed by atoms with Crippen LogP contribution in [-0.4, -0.2) is 17.1 Å². The number of ether oxygens (including phenoxy) is 1. The molecule has 2 rings (SSSR count). The largest absolute Gasteiger partial charge is 0.492 e. The summed E-state index contributed by atoms with van der Waals surface area (Å²) in [6, 6.07) is 3.88. The highest BCUT2D eigenvalue weighted by molar-refractivity contribution is 9.10. The molecule has 72 valence electrons. The lowest BCUT2D eigenvalue weighted by Crippen LogP contribution is -1.94. The summed E-state index contributed by atoms with van der Waals surface area (Å²) >= 11 is 3.35. The third-order valence-corrected chi connectivity index (χ3v) is 2.61. The van der Waals surface area contributed by atoms with Crippen molar-refractivity contribution in [3.8, 4) is 5.75 Å². The average molecular weight is 253 g/mol. The van der Waals surface area contributed by atoms with Crippen molar-refractivity contribution in [1.29, 1.82) is 0 Å². The predicted octanol–water partition coefficient (Wildman–Crippen LogP) is 2.71. The van der Waals surface area contributed by atoms with E-state index < -0.39 is 0 Å². The second-order valence-corrected chi connectivity index (χ2v) is 3.67. The van der Waals surface area contributed by atoms with E-state index in [0.717, 1.165) is 16.6 Å². The summed E-state index contributed by atoms with van der Waals surface area (Å²) in [5.41, 5.74) is 1.79. The maximum Gasteiger partial charge on any atom is 0.177 e. The summed E-state index contributed by atoms with van der Waals surface area (Å²) in [6.07, 6.45) is 1.75. The number of aryl methyl sites for hydroxylation is 1. The number of methoxy groups -OCH3 is 1. The van der Waals surface area contributed by atoms with Gasteiger partial charge in [-0.1, -0.05) is 0 Å². The summed E-state index contributed by atoms with van der Waals surface area (Å²) in [6.45, 7) is 1.95. The van der Waals surface area contributed by atoms with E-state index >= 15 is 0 Å². The standard InChI is InChI=1S/C10H9BrN2O/c1-6-7-4-3-5-12-8(7)9(14-2)10(11)13-6/h3-5H,1-2H3. The number of nitrogens with zero attached hydrogens (tertiary/aromatic N) is 2. The summed E-state index contributed by atoms with van der Waals surface area (Å²) in [4.78, 5) is 8.60. The summed E-state index contributed by atoms with van der Waals surface area (Å²) in [7, 11) is 1.62. The van der Waals surface area contributed by atoms with Gasteiger partial charge in [-0.3, -0.25) is 4.98 Å². The Morgan fingerprint density at radius 2 is 2.21 bits per heavy atom. The van der Waals surface area contributed by atoms with Gasteiger partial charge in [0.05, 0.1) is 7.11 Å². The third-order valence-electron chi connectivity index (χ3n) is 2.07. The highest BCUT2D eigenvalue weighted by atomic mass is 79.9. The quantitative estimate of drug-likeness (QED) is 0.733. The van der Waals surface area contributed by atoms with Crippen molar-refractivity contribution in [2.75, 3.05) is 7.11 Å². The van der Waals surface area contributed by atoms with E-state index in [1.807, 2.05) is 19.1 Å². The van der Waals surface area contributed by atoms with Crippen LogP contribution in [0.2, 0.25) is 0 Å². The fourth-order valence-electron chi connectivity index (χ4n) is 1.42. The second-order valence-electron chi connectivity index (χ2n) is 2.92. The Balaban J connectivity index is 2.90. The van der Waals surface area contributed by atoms with Gasteiger partial charge in [0.15, 0.2) is 10.4 Å². The highest BCUT2D eigenvalue weighted by Crippen LogP contribution is 2.31. The van der Waals surface area contributed by atoms with Gasteiger partial charge in [-0.15, -0.1) is 0 Å². The monoisotopic (exact) mass is 252 g/mol. The Kier molecular flexibility index (Phi) is 2.37. The summed E-state index contributed by atoms with van der Waals surface area (Å²) in [5.74, 6) is 0.686. The van der Waals surface area contributed by atoms with E-state index in [-0.39, 0.29) is 0 Å². The second kappa shape index (κ2) is 3.53. The number of halogens is 1. The van der Waals surface area contributed by atoms with E-state index in [0.29, 0.717) is 10.4 Å². The first-order valence-corrected chi connectivity index (χ1v) is 4.98. The molecule has 0 aliphatic rings. The molecule has 0 saturated heterocycles. The number of hydrogen-bond acceptors (Lipinski definition) is 3. The van der Waals surface area contributed by atoms with Crippen LogP contribution in [0.4, 0.5) is 0 Å². The van der Waals surface area contributed by atoms with Crippen LogP contribution < -0.4 is 4.74 Å². The molecule has 2 aromatic heterocycles. The highest BCUT2D eigenvalue weighted by Gasteiger charge is 2.10. The van der Waals surface area contributed by atoms with Crippen molar-refractivity contribution in [2.24, 2.45) is 0 Å². The molecular formula is C10H9BrN2O. The van der Waals surface area contributed by atoms with Crippen LogP contribution in [0.25, 0.3) is 10.9 Å². The molecule has 0 bridgehead atoms. The molecule has 0 N–H and O–H groups in total. The molecule has 0 aliphatic carbocycles. The fraction of sp³-hybridized carbons (Fsp3) is 0.200. The average Bonchev–Trinajstić information content (AvgIpc) is 2.18. The molecule has 0 radical (unpaired) electrons. The van der Waals surface area contributed by atoms with Gasteiger partial charge in [0.25, 0.3) is 0 Å². The smallest absolute Gasteiger partial charge is 0.177 e. The molecule has 0 atom stereocenters. The third kappa shape index (κ3) is 1.35. The number of rotatable bonds is 1. The Morgan fingerprint density at radius 3 is 2.93 bits per heavy atom. The zero-order chi connectivity index (χ0) is 10.1. The van der Waals surface area contributed by atoms with Gasteiger partial charge in [-0.2, -0.15) is 0 Å². The van der Waals surface area contributed by atoms with Crippen LogP contribution in [0, 0.1) is 6.92 Å². The van der Waals surface area contributed by atoms with Crippen LogP contribution in [0.5, 0.6) is 5.75 Å². The van der Waals surface area contributed by atoms with Crippen molar-refractivity contribution in [3.05, 3.63) is 28.6 Å². The first kappa shape index (κ1) is 9.40. The van der Waals surface area contributed by atoms with E-state index in [1.165, 1.54) is 0 Å². The Bertz CT molecular complexity index is 485. The Hall–Kier alpha value is -1.16. The molecule has 0 aliphatic heterocycles. The normalized spacial score (nSPS) is 10.5. The Morgan fingerprint density at radius 1 is 1.43 bits per heavy atom. The Labute approximate surface area is 90.3 Å². The van der Waals surface area contributed by atoms with Gasteiger partial charge in [0.2, 0.25) is 0 Å². The number of pyridine rings is 2. The van der Waals surface area contributed by atoms with Gasteiger partial charge in [0, 0.05) is 17.3 Å². The van der Waals surface area contributed by atoms with Crippen LogP contribution >= 0.6 is 15.9 Å². The van der Waals surface area contributed by atoms with Crippen molar-refractivity contribution in [3.63, 3.8) is 0 Å². The molecule has 3 nitrogen and oxygen atoms in total. The lowest BCUT2D eigenvalue weighted by atomic mass is 10.2. The minimum atomic E-state index is 0.686. The van der Waals surface area contributed by atoms with Crippen molar-refractivity contribution in [1.82, 2.24) is 9.97 Å². The molecule has 2 aromatic rings. The first-order valence-electron chi connectivity index (χ1n) is 4.19. The first-order chi connectivity index (χ1) is 6.74. The lowest BCUT2D eigenvalue weighted by Gasteiger charge is -2.07. The lowest BCUT2D eigenvalue weighted by molar-refractivity contribution is 0.414. The summed E-state index contributed by atoms with van der Waals surface area (Å²) in [5, 5.41) is 1.02. The minimum Gasteiger partial charge on any atom is -0.492 e. The molecule has 0 spiro atoms. The summed E-state index contributed by atoms with van der Waals surface area (Å²) < 4.78 is 5.94. The molecule has 2 heterocycles. The molecule has 0 unspecified atom stereocenters. The van der Waals surface area contributed by atoms with Gasteiger partial charge in [0.1, 0.15) is 5.52 Å². The van der Waals surface area contributed by atoms with Crippen LogP contribution in [0.3, 0.4) is 0 Å². The fourth-order valence-corrected chi connectivity index (χ4v) is 2.03. The molecule has 0 amide bonds. The van der Waals surface area contributed by atoms with Crippen molar-refractivity contribution in [2.45, 2.75) is 6.92 Å². The van der Waals surface area contributed by atoms with E-state index in [2.05, 4.69) is 25.9 Å². The van der Waals surface area contributed by atoms with Crippen LogP contribution in [0.1, 0.15) is 5.69 Å². The van der Waals surface area contributed by atoms with Gasteiger partial charge >= 0.3 is 0 Å². The maximum absolute atomic E-state index is 5.24. The van der Waals surface area contributed by atoms with Gasteiger partial charge in [-0.25, -0.2) is 4.98 Å². The molecule has 0 fully saturated rings. The topological polar surface area (TPSA) is 35.0 Å². The number of aromatic nitrogens is 2. The molecular weight excluding hydrogens is 244 g/mol. The van der Waals surface area contributed by atoms with Crippen LogP contribution in [-0.2, 0) is 0 Å². The molecule has 4 heteroatoms. The maximum atomic E-state index is 5.24. The zero-order valence-corrected chi connectivity index (χ0v) is 9.50. The van der Waals surface area contributed by atoms with E-state index in [1.54, 1.807) is 13.3 Å². The van der Waals surface area contributed by atoms with E-state index in [9.17, 15) is 0 Å². The van der Waals surface area contributed by atoms with Crippen LogP contribution in [0.15, 0.2) is 22.9 Å². The SMILES string of the molecule is COc1c(Br)nc(C)c2cccnc12. The van der Waals surface area contributed by atoms with Gasteiger partial charge in [-0.05, 0) is 35.0 Å².